The maximum atomic E-state index is 5.91. The Bertz CT molecular complexity index is 503. The molecule has 3 nitrogen and oxygen atoms in total. The molecule has 1 aromatic heterocycles. The molecule has 80 valence electrons. The van der Waals surface area contributed by atoms with Gasteiger partial charge in [0.15, 0.2) is 0 Å². The summed E-state index contributed by atoms with van der Waals surface area (Å²) in [6.07, 6.45) is 0. The Morgan fingerprint density at radius 1 is 1.27 bits per heavy atom. The predicted molar refractivity (Wildman–Crippen MR) is 63.8 cm³/mol. The van der Waals surface area contributed by atoms with Crippen molar-refractivity contribution in [3.05, 3.63) is 24.0 Å². The third-order valence-corrected chi connectivity index (χ3v) is 2.61. The van der Waals surface area contributed by atoms with Crippen molar-refractivity contribution in [2.24, 2.45) is 7.05 Å². The number of fused-ring (bicyclic) bond motifs is 1. The van der Waals surface area contributed by atoms with Crippen molar-refractivity contribution < 1.29 is 0 Å². The van der Waals surface area contributed by atoms with E-state index >= 15 is 0 Å². The molecule has 0 amide bonds. The summed E-state index contributed by atoms with van der Waals surface area (Å²) in [5, 5.41) is 0. The van der Waals surface area contributed by atoms with Gasteiger partial charge in [-0.2, -0.15) is 0 Å². The van der Waals surface area contributed by atoms with Crippen LogP contribution in [0.3, 0.4) is 0 Å². The molecule has 0 unspecified atom stereocenters. The van der Waals surface area contributed by atoms with Gasteiger partial charge in [0.05, 0.1) is 11.2 Å². The van der Waals surface area contributed by atoms with E-state index in [-0.39, 0.29) is 5.41 Å². The van der Waals surface area contributed by atoms with Gasteiger partial charge in [-0.25, -0.2) is 4.98 Å². The summed E-state index contributed by atoms with van der Waals surface area (Å²) in [7, 11) is 2.04. The van der Waals surface area contributed by atoms with E-state index in [1.165, 1.54) is 0 Å². The second-order valence-electron chi connectivity index (χ2n) is 4.96. The van der Waals surface area contributed by atoms with Crippen LogP contribution in [0.25, 0.3) is 11.0 Å². The number of hydrogen-bond acceptors (Lipinski definition) is 2. The highest BCUT2D eigenvalue weighted by atomic mass is 15.1. The second-order valence-corrected chi connectivity index (χ2v) is 4.96. The van der Waals surface area contributed by atoms with E-state index in [1.54, 1.807) is 0 Å². The summed E-state index contributed by atoms with van der Waals surface area (Å²) in [6.45, 7) is 6.47. The first-order chi connectivity index (χ1) is 6.91. The molecule has 0 aliphatic rings. The van der Waals surface area contributed by atoms with E-state index in [2.05, 4.69) is 30.3 Å². The molecule has 2 aromatic rings. The topological polar surface area (TPSA) is 43.8 Å². The Morgan fingerprint density at radius 2 is 1.93 bits per heavy atom. The number of benzene rings is 1. The second kappa shape index (κ2) is 2.99. The molecule has 0 atom stereocenters. The maximum Gasteiger partial charge on any atom is 0.115 e. The van der Waals surface area contributed by atoms with Crippen LogP contribution >= 0.6 is 0 Å². The van der Waals surface area contributed by atoms with Crippen LogP contribution in [0.4, 0.5) is 5.69 Å². The molecule has 0 saturated carbocycles. The van der Waals surface area contributed by atoms with E-state index in [4.69, 9.17) is 5.73 Å². The summed E-state index contributed by atoms with van der Waals surface area (Å²) < 4.78 is 2.12. The van der Waals surface area contributed by atoms with Gasteiger partial charge in [-0.05, 0) is 12.1 Å². The molecule has 0 bridgehead atoms. The number of nitrogens with zero attached hydrogens (tertiary/aromatic N) is 2. The molecule has 2 rings (SSSR count). The lowest BCUT2D eigenvalue weighted by Gasteiger charge is -2.17. The first kappa shape index (κ1) is 10.0. The fourth-order valence-corrected chi connectivity index (χ4v) is 1.91. The van der Waals surface area contributed by atoms with E-state index in [1.807, 2.05) is 25.2 Å². The fourth-order valence-electron chi connectivity index (χ4n) is 1.91. The van der Waals surface area contributed by atoms with Crippen LogP contribution in [-0.4, -0.2) is 9.55 Å². The van der Waals surface area contributed by atoms with E-state index in [0.717, 1.165) is 22.5 Å². The van der Waals surface area contributed by atoms with Crippen LogP contribution in [0.15, 0.2) is 18.2 Å². The molecule has 0 spiro atoms. The summed E-state index contributed by atoms with van der Waals surface area (Å²) in [4.78, 5) is 4.62. The van der Waals surface area contributed by atoms with Crippen LogP contribution in [0.1, 0.15) is 26.6 Å². The molecule has 0 saturated heterocycles. The number of nitrogen functional groups attached to an aromatic ring is 1. The first-order valence-electron chi connectivity index (χ1n) is 5.12. The summed E-state index contributed by atoms with van der Waals surface area (Å²) >= 11 is 0. The zero-order valence-corrected chi connectivity index (χ0v) is 9.70. The van der Waals surface area contributed by atoms with Crippen LogP contribution in [0.5, 0.6) is 0 Å². The Hall–Kier alpha value is -1.51. The van der Waals surface area contributed by atoms with Gasteiger partial charge in [0.25, 0.3) is 0 Å². The number of para-hydroxylation sites is 1. The first-order valence-corrected chi connectivity index (χ1v) is 5.12. The number of imidazole rings is 1. The smallest absolute Gasteiger partial charge is 0.115 e. The Balaban J connectivity index is 2.81. The van der Waals surface area contributed by atoms with Gasteiger partial charge in [0.1, 0.15) is 11.3 Å². The molecular weight excluding hydrogens is 186 g/mol. The third-order valence-electron chi connectivity index (χ3n) is 2.61. The van der Waals surface area contributed by atoms with Gasteiger partial charge in [-0.1, -0.05) is 26.8 Å². The molecule has 15 heavy (non-hydrogen) atoms. The lowest BCUT2D eigenvalue weighted by molar-refractivity contribution is 0.527. The molecule has 1 aromatic carbocycles. The predicted octanol–water partition coefficient (Wildman–Crippen LogP) is 2.45. The highest BCUT2D eigenvalue weighted by Crippen LogP contribution is 2.27. The normalized spacial score (nSPS) is 12.3. The van der Waals surface area contributed by atoms with Crippen molar-refractivity contribution in [3.8, 4) is 0 Å². The molecule has 0 radical (unpaired) electrons. The van der Waals surface area contributed by atoms with Gasteiger partial charge in [-0.3, -0.25) is 0 Å². The Kier molecular flexibility index (Phi) is 2.00. The molecule has 0 fully saturated rings. The standard InChI is InChI=1S/C12H17N3/c1-12(2,3)11-14-10-8(13)6-5-7-9(10)15(11)4/h5-7H,13H2,1-4H3. The largest absolute Gasteiger partial charge is 0.397 e. The van der Waals surface area contributed by atoms with Crippen molar-refractivity contribution in [2.75, 3.05) is 5.73 Å². The molecule has 2 N–H and O–H groups in total. The number of anilines is 1. The lowest BCUT2D eigenvalue weighted by Crippen LogP contribution is -2.17. The highest BCUT2D eigenvalue weighted by molar-refractivity contribution is 5.87. The summed E-state index contributed by atoms with van der Waals surface area (Å²) in [5.74, 6) is 1.07. The van der Waals surface area contributed by atoms with Crippen molar-refractivity contribution in [3.63, 3.8) is 0 Å². The minimum atomic E-state index is 0.0419. The third kappa shape index (κ3) is 1.48. The molecular formula is C12H17N3. The number of nitrogens with two attached hydrogens (primary N) is 1. The maximum absolute atomic E-state index is 5.91. The van der Waals surface area contributed by atoms with E-state index in [0.29, 0.717) is 0 Å². The molecule has 3 heteroatoms. The summed E-state index contributed by atoms with van der Waals surface area (Å²) in [6, 6.07) is 5.90. The average molecular weight is 203 g/mol. The van der Waals surface area contributed by atoms with Crippen molar-refractivity contribution in [2.45, 2.75) is 26.2 Å². The number of rotatable bonds is 0. The van der Waals surface area contributed by atoms with E-state index in [9.17, 15) is 0 Å². The van der Waals surface area contributed by atoms with Gasteiger partial charge in [-0.15, -0.1) is 0 Å². The van der Waals surface area contributed by atoms with Crippen molar-refractivity contribution in [1.29, 1.82) is 0 Å². The zero-order chi connectivity index (χ0) is 11.2. The van der Waals surface area contributed by atoms with Crippen molar-refractivity contribution >= 4 is 16.7 Å². The number of aryl methyl sites for hydroxylation is 1. The van der Waals surface area contributed by atoms with Gasteiger partial charge >= 0.3 is 0 Å². The minimum Gasteiger partial charge on any atom is -0.397 e. The van der Waals surface area contributed by atoms with Crippen LogP contribution in [-0.2, 0) is 12.5 Å². The molecule has 1 heterocycles. The van der Waals surface area contributed by atoms with Gasteiger partial charge in [0.2, 0.25) is 0 Å². The minimum absolute atomic E-state index is 0.0419. The zero-order valence-electron chi connectivity index (χ0n) is 9.70. The lowest BCUT2D eigenvalue weighted by atomic mass is 9.96. The molecule has 0 aliphatic carbocycles. The van der Waals surface area contributed by atoms with E-state index < -0.39 is 0 Å². The van der Waals surface area contributed by atoms with Gasteiger partial charge < -0.3 is 10.3 Å². The van der Waals surface area contributed by atoms with Gasteiger partial charge in [0, 0.05) is 12.5 Å². The Labute approximate surface area is 89.9 Å². The average Bonchev–Trinajstić information content (AvgIpc) is 2.45. The van der Waals surface area contributed by atoms with Crippen LogP contribution < -0.4 is 5.73 Å². The monoisotopic (exact) mass is 203 g/mol. The molecule has 0 aliphatic heterocycles. The quantitative estimate of drug-likeness (QED) is 0.668. The SMILES string of the molecule is Cn1c(C(C)(C)C)nc2c(N)cccc21. The van der Waals surface area contributed by atoms with Crippen LogP contribution in [0.2, 0.25) is 0 Å². The van der Waals surface area contributed by atoms with Crippen LogP contribution in [0, 0.1) is 0 Å². The number of aromatic nitrogens is 2. The fraction of sp³-hybridized carbons (Fsp3) is 0.417. The van der Waals surface area contributed by atoms with Crippen molar-refractivity contribution in [1.82, 2.24) is 9.55 Å². The number of hydrogen-bond donors (Lipinski definition) is 1. The Morgan fingerprint density at radius 3 is 2.47 bits per heavy atom. The highest BCUT2D eigenvalue weighted by Gasteiger charge is 2.21. The summed E-state index contributed by atoms with van der Waals surface area (Å²) in [5.41, 5.74) is 8.70.